The Morgan fingerprint density at radius 1 is 1.77 bits per heavy atom. The van der Waals surface area contributed by atoms with Gasteiger partial charge < -0.3 is 15.4 Å². The van der Waals surface area contributed by atoms with Crippen molar-refractivity contribution in [3.05, 3.63) is 17.2 Å². The Labute approximate surface area is 82.3 Å². The van der Waals surface area contributed by atoms with Crippen LogP contribution in [0.3, 0.4) is 0 Å². The van der Waals surface area contributed by atoms with E-state index in [0.29, 0.717) is 23.8 Å². The number of aliphatic hydroxyl groups excluding tert-OH is 1. The van der Waals surface area contributed by atoms with Crippen LogP contribution in [-0.4, -0.2) is 21.2 Å². The highest BCUT2D eigenvalue weighted by molar-refractivity contribution is 6.30. The van der Waals surface area contributed by atoms with Crippen LogP contribution in [0.2, 0.25) is 5.15 Å². The lowest BCUT2D eigenvalue weighted by atomic mass is 10.2. The van der Waals surface area contributed by atoms with Crippen LogP contribution in [0.5, 0.6) is 0 Å². The number of halogens is 1. The molecule has 0 aliphatic heterocycles. The summed E-state index contributed by atoms with van der Waals surface area (Å²) in [7, 11) is 0. The molecule has 74 valence electrons. The van der Waals surface area contributed by atoms with Gasteiger partial charge in [-0.15, -0.1) is 0 Å². The number of rotatable bonds is 4. The summed E-state index contributed by atoms with van der Waals surface area (Å²) in [5.74, 6) is 0. The van der Waals surface area contributed by atoms with Crippen molar-refractivity contribution in [1.82, 2.24) is 9.55 Å². The molecule has 0 spiro atoms. The van der Waals surface area contributed by atoms with E-state index in [-0.39, 0.29) is 0 Å². The Morgan fingerprint density at radius 2 is 2.46 bits per heavy atom. The molecule has 1 heterocycles. The van der Waals surface area contributed by atoms with Crippen molar-refractivity contribution < 1.29 is 5.11 Å². The molecule has 5 heteroatoms. The van der Waals surface area contributed by atoms with Crippen LogP contribution in [0, 0.1) is 0 Å². The monoisotopic (exact) mass is 203 g/mol. The third-order valence-corrected chi connectivity index (χ3v) is 2.22. The van der Waals surface area contributed by atoms with E-state index in [9.17, 15) is 5.11 Å². The molecule has 1 aromatic heterocycles. The molecule has 0 aliphatic carbocycles. The first kappa shape index (κ1) is 10.5. The van der Waals surface area contributed by atoms with Gasteiger partial charge in [-0.05, 0) is 19.9 Å². The van der Waals surface area contributed by atoms with Crippen molar-refractivity contribution in [2.45, 2.75) is 26.0 Å². The zero-order valence-electron chi connectivity index (χ0n) is 7.57. The predicted octanol–water partition coefficient (Wildman–Crippen LogP) is 0.939. The number of imidazole rings is 1. The molecule has 0 saturated carbocycles. The quantitative estimate of drug-likeness (QED) is 0.766. The fourth-order valence-electron chi connectivity index (χ4n) is 1.24. The van der Waals surface area contributed by atoms with Crippen molar-refractivity contribution in [1.29, 1.82) is 0 Å². The van der Waals surface area contributed by atoms with Crippen LogP contribution >= 0.6 is 11.6 Å². The summed E-state index contributed by atoms with van der Waals surface area (Å²) in [6, 6.07) is 0. The van der Waals surface area contributed by atoms with E-state index in [1.165, 1.54) is 0 Å². The second kappa shape index (κ2) is 4.60. The minimum atomic E-state index is -0.611. The molecule has 0 radical (unpaired) electrons. The fourth-order valence-corrected chi connectivity index (χ4v) is 1.52. The van der Waals surface area contributed by atoms with Gasteiger partial charge >= 0.3 is 0 Å². The normalized spacial score (nSPS) is 13.2. The molecule has 0 bridgehead atoms. The Kier molecular flexibility index (Phi) is 3.71. The zero-order chi connectivity index (χ0) is 9.84. The van der Waals surface area contributed by atoms with Gasteiger partial charge in [-0.3, -0.25) is 0 Å². The SMILES string of the molecule is CCn1cnc(Cl)c1C(O)CCN. The standard InChI is InChI=1S/C8H14ClN3O/c1-2-12-5-11-8(9)7(12)6(13)3-4-10/h5-6,13H,2-4,10H2,1H3. The average Bonchev–Trinajstić information content (AvgIpc) is 2.47. The highest BCUT2D eigenvalue weighted by atomic mass is 35.5. The maximum atomic E-state index is 9.68. The van der Waals surface area contributed by atoms with Gasteiger partial charge in [0.15, 0.2) is 5.15 Å². The first-order valence-electron chi connectivity index (χ1n) is 4.29. The first-order valence-corrected chi connectivity index (χ1v) is 4.67. The highest BCUT2D eigenvalue weighted by Gasteiger charge is 2.16. The van der Waals surface area contributed by atoms with E-state index in [1.54, 1.807) is 6.33 Å². The molecule has 1 rings (SSSR count). The van der Waals surface area contributed by atoms with Gasteiger partial charge in [0.25, 0.3) is 0 Å². The Hall–Kier alpha value is -0.580. The van der Waals surface area contributed by atoms with Gasteiger partial charge in [-0.25, -0.2) is 4.98 Å². The van der Waals surface area contributed by atoms with Crippen LogP contribution in [-0.2, 0) is 6.54 Å². The van der Waals surface area contributed by atoms with Crippen LogP contribution in [0.15, 0.2) is 6.33 Å². The minimum absolute atomic E-state index is 0.364. The number of hydrogen-bond acceptors (Lipinski definition) is 3. The number of hydrogen-bond donors (Lipinski definition) is 2. The van der Waals surface area contributed by atoms with Crippen LogP contribution in [0.4, 0.5) is 0 Å². The lowest BCUT2D eigenvalue weighted by Crippen LogP contribution is -2.11. The molecule has 0 amide bonds. The van der Waals surface area contributed by atoms with Crippen molar-refractivity contribution in [2.75, 3.05) is 6.54 Å². The summed E-state index contributed by atoms with van der Waals surface area (Å²) in [5.41, 5.74) is 6.01. The minimum Gasteiger partial charge on any atom is -0.387 e. The van der Waals surface area contributed by atoms with Crippen molar-refractivity contribution in [3.63, 3.8) is 0 Å². The smallest absolute Gasteiger partial charge is 0.152 e. The summed E-state index contributed by atoms with van der Waals surface area (Å²) in [5, 5.41) is 10.0. The van der Waals surface area contributed by atoms with E-state index < -0.39 is 6.10 Å². The lowest BCUT2D eigenvalue weighted by Gasteiger charge is -2.11. The summed E-state index contributed by atoms with van der Waals surface area (Å²) < 4.78 is 1.82. The third-order valence-electron chi connectivity index (χ3n) is 1.93. The van der Waals surface area contributed by atoms with Crippen molar-refractivity contribution in [3.8, 4) is 0 Å². The molecule has 0 fully saturated rings. The predicted molar refractivity (Wildman–Crippen MR) is 51.5 cm³/mol. The number of nitrogens with two attached hydrogens (primary N) is 1. The van der Waals surface area contributed by atoms with Crippen LogP contribution in [0.1, 0.15) is 25.1 Å². The molecular weight excluding hydrogens is 190 g/mol. The second-order valence-corrected chi connectivity index (χ2v) is 3.16. The lowest BCUT2D eigenvalue weighted by molar-refractivity contribution is 0.161. The summed E-state index contributed by atoms with van der Waals surface area (Å²) in [4.78, 5) is 3.92. The topological polar surface area (TPSA) is 64.1 Å². The molecule has 1 unspecified atom stereocenters. The van der Waals surface area contributed by atoms with Crippen molar-refractivity contribution >= 4 is 11.6 Å². The largest absolute Gasteiger partial charge is 0.387 e. The molecule has 0 saturated heterocycles. The molecule has 0 aromatic carbocycles. The summed E-state index contributed by atoms with van der Waals surface area (Å²) in [6.45, 7) is 3.15. The number of aryl methyl sites for hydroxylation is 1. The fraction of sp³-hybridized carbons (Fsp3) is 0.625. The van der Waals surface area contributed by atoms with Gasteiger partial charge in [-0.2, -0.15) is 0 Å². The third kappa shape index (κ3) is 2.21. The summed E-state index contributed by atoms with van der Waals surface area (Å²) >= 11 is 5.82. The van der Waals surface area contributed by atoms with Crippen LogP contribution in [0.25, 0.3) is 0 Å². The maximum Gasteiger partial charge on any atom is 0.152 e. The summed E-state index contributed by atoms with van der Waals surface area (Å²) in [6.07, 6.45) is 1.52. The van der Waals surface area contributed by atoms with E-state index in [2.05, 4.69) is 4.98 Å². The van der Waals surface area contributed by atoms with Crippen molar-refractivity contribution in [2.24, 2.45) is 5.73 Å². The molecule has 3 N–H and O–H groups in total. The van der Waals surface area contributed by atoms with Gasteiger partial charge in [0.2, 0.25) is 0 Å². The first-order chi connectivity index (χ1) is 6.20. The van der Waals surface area contributed by atoms with E-state index >= 15 is 0 Å². The van der Waals surface area contributed by atoms with E-state index in [4.69, 9.17) is 17.3 Å². The Bertz CT molecular complexity index is 274. The van der Waals surface area contributed by atoms with E-state index in [0.717, 1.165) is 6.54 Å². The van der Waals surface area contributed by atoms with Crippen LogP contribution < -0.4 is 5.73 Å². The molecule has 4 nitrogen and oxygen atoms in total. The number of nitrogens with zero attached hydrogens (tertiary/aromatic N) is 2. The number of aliphatic hydroxyl groups is 1. The molecule has 13 heavy (non-hydrogen) atoms. The molecule has 1 aromatic rings. The maximum absolute atomic E-state index is 9.68. The van der Waals surface area contributed by atoms with Gasteiger partial charge in [-0.1, -0.05) is 11.6 Å². The molecule has 0 aliphatic rings. The molecular formula is C8H14ClN3O. The number of aromatic nitrogens is 2. The highest BCUT2D eigenvalue weighted by Crippen LogP contribution is 2.23. The van der Waals surface area contributed by atoms with Gasteiger partial charge in [0.05, 0.1) is 18.1 Å². The zero-order valence-corrected chi connectivity index (χ0v) is 8.33. The molecule has 1 atom stereocenters. The Balaban J connectivity index is 2.89. The van der Waals surface area contributed by atoms with E-state index in [1.807, 2.05) is 11.5 Å². The Morgan fingerprint density at radius 3 is 3.00 bits per heavy atom. The van der Waals surface area contributed by atoms with Gasteiger partial charge in [0, 0.05) is 6.54 Å². The second-order valence-electron chi connectivity index (χ2n) is 2.80. The van der Waals surface area contributed by atoms with Gasteiger partial charge in [0.1, 0.15) is 0 Å². The average molecular weight is 204 g/mol.